The molecule has 0 N–H and O–H groups in total. The molecule has 3 heterocycles. The molecule has 5 atom stereocenters. The van der Waals surface area contributed by atoms with Crippen molar-refractivity contribution in [1.29, 1.82) is 0 Å². The number of fused-ring (bicyclic) bond motifs is 5. The Morgan fingerprint density at radius 2 is 1.78 bits per heavy atom. The Labute approximate surface area is 188 Å². The van der Waals surface area contributed by atoms with E-state index in [0.717, 1.165) is 30.2 Å². The van der Waals surface area contributed by atoms with Crippen LogP contribution in [0.5, 0.6) is 0 Å². The van der Waals surface area contributed by atoms with Crippen LogP contribution in [0.1, 0.15) is 74.8 Å². The molecule has 0 amide bonds. The van der Waals surface area contributed by atoms with Gasteiger partial charge in [-0.1, -0.05) is 18.6 Å². The third-order valence-electron chi connectivity index (χ3n) is 8.31. The van der Waals surface area contributed by atoms with E-state index in [1.54, 1.807) is 12.5 Å². The van der Waals surface area contributed by atoms with Gasteiger partial charge in [-0.15, -0.1) is 0 Å². The zero-order chi connectivity index (χ0) is 21.8. The molecule has 2 aliphatic heterocycles. The molecular formula is C26H31N3O3. The van der Waals surface area contributed by atoms with E-state index >= 15 is 0 Å². The highest BCUT2D eigenvalue weighted by Crippen LogP contribution is 2.51. The number of aromatic nitrogens is 2. The summed E-state index contributed by atoms with van der Waals surface area (Å²) in [5.74, 6) is 1.02. The molecule has 6 heteroatoms. The highest BCUT2D eigenvalue weighted by atomic mass is 16.5. The van der Waals surface area contributed by atoms with Gasteiger partial charge >= 0.3 is 5.97 Å². The van der Waals surface area contributed by atoms with E-state index in [2.05, 4.69) is 16.1 Å². The maximum atomic E-state index is 13.5. The Morgan fingerprint density at radius 3 is 2.47 bits per heavy atom. The minimum Gasteiger partial charge on any atom is -0.461 e. The summed E-state index contributed by atoms with van der Waals surface area (Å²) in [4.78, 5) is 32.9. The second-order valence-corrected chi connectivity index (χ2v) is 9.99. The Morgan fingerprint density at radius 1 is 1.06 bits per heavy atom. The number of benzene rings is 1. The summed E-state index contributed by atoms with van der Waals surface area (Å²) in [5, 5.41) is 0. The molecule has 168 valence electrons. The van der Waals surface area contributed by atoms with Gasteiger partial charge in [-0.3, -0.25) is 4.79 Å². The van der Waals surface area contributed by atoms with Gasteiger partial charge in [0.05, 0.1) is 17.6 Å². The number of piperidine rings is 1. The third kappa shape index (κ3) is 3.10. The van der Waals surface area contributed by atoms with Gasteiger partial charge in [0.1, 0.15) is 0 Å². The fourth-order valence-electron chi connectivity index (χ4n) is 6.81. The molecular weight excluding hydrogens is 402 g/mol. The number of para-hydroxylation sites is 2. The van der Waals surface area contributed by atoms with E-state index < -0.39 is 5.97 Å². The van der Waals surface area contributed by atoms with E-state index in [1.165, 1.54) is 38.5 Å². The predicted molar refractivity (Wildman–Crippen MR) is 122 cm³/mol. The van der Waals surface area contributed by atoms with Crippen molar-refractivity contribution in [2.24, 2.45) is 11.8 Å². The van der Waals surface area contributed by atoms with Gasteiger partial charge in [0.25, 0.3) is 5.56 Å². The Kier molecular flexibility index (Phi) is 4.85. The summed E-state index contributed by atoms with van der Waals surface area (Å²) < 4.78 is 6.99. The highest BCUT2D eigenvalue weighted by molar-refractivity contribution is 5.89. The first kappa shape index (κ1) is 20.0. The van der Waals surface area contributed by atoms with Crippen LogP contribution in [0.3, 0.4) is 0 Å². The standard InChI is InChI=1S/C26H31N3O3/c1-2-32-26(31)24-25(30)29(23-9-4-3-8-22(23)27-24)20-13-18-10-11-19(14-20)28(18)15-21-16-6-5-7-17(21)12-16/h3-4,8-9,15-20H,2,5-7,10-14H2,1H3/t16?,17?,18-,19+,20?. The summed E-state index contributed by atoms with van der Waals surface area (Å²) in [7, 11) is 0. The number of ether oxygens (including phenoxy) is 1. The van der Waals surface area contributed by atoms with Crippen LogP contribution < -0.4 is 5.56 Å². The van der Waals surface area contributed by atoms with Crippen LogP contribution in [0.2, 0.25) is 0 Å². The first-order valence-corrected chi connectivity index (χ1v) is 12.3. The van der Waals surface area contributed by atoms with Gasteiger partial charge in [-0.2, -0.15) is 0 Å². The Balaban J connectivity index is 1.35. The first-order valence-electron chi connectivity index (χ1n) is 12.3. The summed E-state index contributed by atoms with van der Waals surface area (Å²) in [6, 6.07) is 8.68. The molecule has 4 fully saturated rings. The summed E-state index contributed by atoms with van der Waals surface area (Å²) in [6.45, 7) is 1.97. The maximum absolute atomic E-state index is 13.5. The molecule has 2 aliphatic carbocycles. The number of nitrogens with zero attached hydrogens (tertiary/aromatic N) is 3. The van der Waals surface area contributed by atoms with Crippen LogP contribution in [0.15, 0.2) is 40.8 Å². The summed E-state index contributed by atoms with van der Waals surface area (Å²) in [6.07, 6.45) is 12.3. The highest BCUT2D eigenvalue weighted by Gasteiger charge is 2.44. The van der Waals surface area contributed by atoms with E-state index in [9.17, 15) is 9.59 Å². The number of carbonyl (C=O) groups excluding carboxylic acids is 1. The average molecular weight is 434 g/mol. The second kappa shape index (κ2) is 7.75. The fraction of sp³-hybridized carbons (Fsp3) is 0.577. The van der Waals surface area contributed by atoms with Gasteiger partial charge < -0.3 is 14.2 Å². The lowest BCUT2D eigenvalue weighted by Crippen LogP contribution is -2.44. The molecule has 4 aliphatic rings. The largest absolute Gasteiger partial charge is 0.461 e. The van der Waals surface area contributed by atoms with Crippen molar-refractivity contribution >= 4 is 17.0 Å². The molecule has 6 nitrogen and oxygen atoms in total. The topological polar surface area (TPSA) is 64.4 Å². The molecule has 4 bridgehead atoms. The molecule has 1 aromatic carbocycles. The third-order valence-corrected chi connectivity index (χ3v) is 8.31. The molecule has 2 saturated heterocycles. The minimum atomic E-state index is -0.626. The van der Waals surface area contributed by atoms with Crippen LogP contribution in [0.25, 0.3) is 11.0 Å². The molecule has 3 unspecified atom stereocenters. The summed E-state index contributed by atoms with van der Waals surface area (Å²) in [5.41, 5.74) is 2.78. The lowest BCUT2D eigenvalue weighted by atomic mass is 9.61. The van der Waals surface area contributed by atoms with Crippen molar-refractivity contribution in [1.82, 2.24) is 14.5 Å². The molecule has 1 aromatic heterocycles. The van der Waals surface area contributed by atoms with E-state index in [4.69, 9.17) is 4.74 Å². The zero-order valence-electron chi connectivity index (χ0n) is 18.7. The number of allylic oxidation sites excluding steroid dienone is 1. The number of hydrogen-bond acceptors (Lipinski definition) is 5. The van der Waals surface area contributed by atoms with Crippen molar-refractivity contribution in [3.63, 3.8) is 0 Å². The lowest BCUT2D eigenvalue weighted by molar-refractivity contribution is 0.0516. The summed E-state index contributed by atoms with van der Waals surface area (Å²) >= 11 is 0. The van der Waals surface area contributed by atoms with Crippen molar-refractivity contribution in [2.45, 2.75) is 76.4 Å². The van der Waals surface area contributed by atoms with Crippen molar-refractivity contribution in [2.75, 3.05) is 6.61 Å². The van der Waals surface area contributed by atoms with Gasteiger partial charge in [0.15, 0.2) is 0 Å². The van der Waals surface area contributed by atoms with E-state index in [1.807, 2.05) is 28.8 Å². The molecule has 2 aromatic rings. The molecule has 32 heavy (non-hydrogen) atoms. The van der Waals surface area contributed by atoms with Crippen molar-refractivity contribution in [3.05, 3.63) is 52.1 Å². The lowest BCUT2D eigenvalue weighted by Gasteiger charge is -2.47. The smallest absolute Gasteiger partial charge is 0.362 e. The van der Waals surface area contributed by atoms with Crippen LogP contribution >= 0.6 is 0 Å². The SMILES string of the molecule is CCOC(=O)c1nc2ccccc2n(C2C[C@H]3CC[C@@H](C2)N3C=C2C3CCCC2C3)c1=O. The normalized spacial score (nSPS) is 30.8. The number of hydrogen-bond donors (Lipinski definition) is 0. The quantitative estimate of drug-likeness (QED) is 0.667. The van der Waals surface area contributed by atoms with Crippen molar-refractivity contribution < 1.29 is 9.53 Å². The van der Waals surface area contributed by atoms with Gasteiger partial charge in [-0.25, -0.2) is 9.78 Å². The van der Waals surface area contributed by atoms with Crippen molar-refractivity contribution in [3.8, 4) is 0 Å². The second-order valence-electron chi connectivity index (χ2n) is 9.99. The van der Waals surface area contributed by atoms with Gasteiger partial charge in [0.2, 0.25) is 5.69 Å². The number of rotatable bonds is 4. The van der Waals surface area contributed by atoms with E-state index in [0.29, 0.717) is 17.6 Å². The zero-order valence-corrected chi connectivity index (χ0v) is 18.7. The molecule has 0 radical (unpaired) electrons. The monoisotopic (exact) mass is 433 g/mol. The van der Waals surface area contributed by atoms with Crippen LogP contribution in [-0.4, -0.2) is 39.1 Å². The predicted octanol–water partition coefficient (Wildman–Crippen LogP) is 4.45. The van der Waals surface area contributed by atoms with Crippen LogP contribution in [-0.2, 0) is 4.74 Å². The van der Waals surface area contributed by atoms with Crippen LogP contribution in [0.4, 0.5) is 0 Å². The Hall–Kier alpha value is -2.63. The minimum absolute atomic E-state index is 0.0802. The van der Waals surface area contributed by atoms with E-state index in [-0.39, 0.29) is 23.9 Å². The van der Waals surface area contributed by atoms with Crippen LogP contribution in [0, 0.1) is 11.8 Å². The maximum Gasteiger partial charge on any atom is 0.362 e. The van der Waals surface area contributed by atoms with Gasteiger partial charge in [0, 0.05) is 18.1 Å². The fourth-order valence-corrected chi connectivity index (χ4v) is 6.81. The van der Waals surface area contributed by atoms with Gasteiger partial charge in [-0.05, 0) is 87.6 Å². The number of esters is 1. The average Bonchev–Trinajstić information content (AvgIpc) is 3.04. The molecule has 2 saturated carbocycles. The Bertz CT molecular complexity index is 1120. The number of carbonyl (C=O) groups is 1. The molecule has 0 spiro atoms. The first-order chi connectivity index (χ1) is 15.6. The molecule has 6 rings (SSSR count).